The van der Waals surface area contributed by atoms with E-state index in [2.05, 4.69) is 14.9 Å². The van der Waals surface area contributed by atoms with Gasteiger partial charge in [0.25, 0.3) is 0 Å². The van der Waals surface area contributed by atoms with Crippen molar-refractivity contribution < 1.29 is 19.4 Å². The highest BCUT2D eigenvalue weighted by Gasteiger charge is 2.24. The maximum Gasteiger partial charge on any atom is 0.408 e. The molecule has 0 saturated heterocycles. The second kappa shape index (κ2) is 7.81. The number of rotatable bonds is 6. The van der Waals surface area contributed by atoms with Crippen molar-refractivity contribution in [1.82, 2.24) is 14.9 Å². The number of carbonyl (C=O) groups is 2. The molecule has 7 nitrogen and oxygen atoms in total. The van der Waals surface area contributed by atoms with Gasteiger partial charge in [-0.2, -0.15) is 11.8 Å². The first-order chi connectivity index (χ1) is 9.69. The molecule has 118 valence electrons. The Kier molecular flexibility index (Phi) is 6.69. The van der Waals surface area contributed by atoms with E-state index in [1.165, 1.54) is 11.8 Å². The zero-order valence-electron chi connectivity index (χ0n) is 11.8. The summed E-state index contributed by atoms with van der Waals surface area (Å²) in [5.41, 5.74) is -0.0758. The molecule has 0 aliphatic rings. The molecule has 10 heteroatoms. The highest BCUT2D eigenvalue weighted by molar-refractivity contribution is 7.98. The van der Waals surface area contributed by atoms with Crippen molar-refractivity contribution in [2.75, 3.05) is 5.75 Å². The fourth-order valence-corrected chi connectivity index (χ4v) is 2.95. The summed E-state index contributed by atoms with van der Waals surface area (Å²) in [4.78, 5) is 22.7. The van der Waals surface area contributed by atoms with Gasteiger partial charge in [0.2, 0.25) is 0 Å². The van der Waals surface area contributed by atoms with E-state index >= 15 is 0 Å². The van der Waals surface area contributed by atoms with Crippen LogP contribution >= 0.6 is 34.9 Å². The van der Waals surface area contributed by atoms with Crippen LogP contribution in [0.15, 0.2) is 0 Å². The van der Waals surface area contributed by atoms with Crippen molar-refractivity contribution in [3.05, 3.63) is 10.0 Å². The standard InChI is InChI=1S/C11H16ClN3O4S2/c1-11(2,3)19-10(18)13-7(9(16)17)5-20-4-6-8(12)21-15-14-6/h7H,4-5H2,1-3H3,(H,13,18)(H,16,17). The Morgan fingerprint density at radius 2 is 2.19 bits per heavy atom. The van der Waals surface area contributed by atoms with Crippen molar-refractivity contribution in [2.45, 2.75) is 38.2 Å². The van der Waals surface area contributed by atoms with Crippen LogP contribution in [0, 0.1) is 0 Å². The summed E-state index contributed by atoms with van der Waals surface area (Å²) in [5, 5.41) is 15.2. The van der Waals surface area contributed by atoms with Crippen LogP contribution in [0.2, 0.25) is 4.34 Å². The van der Waals surface area contributed by atoms with Gasteiger partial charge in [0.05, 0.1) is 0 Å². The predicted octanol–water partition coefficient (Wildman–Crippen LogP) is 2.40. The number of aromatic nitrogens is 2. The number of carboxylic acids is 1. The van der Waals surface area contributed by atoms with Gasteiger partial charge in [-0.3, -0.25) is 0 Å². The first-order valence-electron chi connectivity index (χ1n) is 5.96. The fourth-order valence-electron chi connectivity index (χ4n) is 1.18. The van der Waals surface area contributed by atoms with E-state index in [4.69, 9.17) is 21.4 Å². The van der Waals surface area contributed by atoms with Crippen LogP contribution in [0.25, 0.3) is 0 Å². The summed E-state index contributed by atoms with van der Waals surface area (Å²) in [5.74, 6) is -0.534. The lowest BCUT2D eigenvalue weighted by molar-refractivity contribution is -0.138. The number of nitrogens with zero attached hydrogens (tertiary/aromatic N) is 2. The Balaban J connectivity index is 2.45. The quantitative estimate of drug-likeness (QED) is 0.809. The number of carbonyl (C=O) groups excluding carboxylic acids is 1. The molecule has 1 aromatic rings. The summed E-state index contributed by atoms with van der Waals surface area (Å²) in [6.45, 7) is 5.11. The molecule has 0 spiro atoms. The van der Waals surface area contributed by atoms with Crippen LogP contribution in [0.4, 0.5) is 4.79 Å². The third-order valence-corrected chi connectivity index (χ3v) is 4.05. The van der Waals surface area contributed by atoms with Crippen LogP contribution in [0.3, 0.4) is 0 Å². The van der Waals surface area contributed by atoms with Crippen LogP contribution < -0.4 is 5.32 Å². The van der Waals surface area contributed by atoms with Crippen molar-refractivity contribution in [1.29, 1.82) is 0 Å². The largest absolute Gasteiger partial charge is 0.480 e. The molecule has 1 atom stereocenters. The molecule has 1 aromatic heterocycles. The van der Waals surface area contributed by atoms with Gasteiger partial charge >= 0.3 is 12.1 Å². The number of hydrogen-bond acceptors (Lipinski definition) is 7. The Labute approximate surface area is 135 Å². The van der Waals surface area contributed by atoms with Gasteiger partial charge < -0.3 is 15.2 Å². The summed E-state index contributed by atoms with van der Waals surface area (Å²) in [7, 11) is 0. The SMILES string of the molecule is CC(C)(C)OC(=O)NC(CSCc1nnsc1Cl)C(=O)O. The molecule has 2 N–H and O–H groups in total. The van der Waals surface area contributed by atoms with Crippen molar-refractivity contribution in [2.24, 2.45) is 0 Å². The van der Waals surface area contributed by atoms with Crippen LogP contribution in [-0.4, -0.2) is 44.2 Å². The first-order valence-corrected chi connectivity index (χ1v) is 8.26. The number of aliphatic carboxylic acids is 1. The van der Waals surface area contributed by atoms with E-state index in [0.717, 1.165) is 11.5 Å². The number of thioether (sulfide) groups is 1. The van der Waals surface area contributed by atoms with Gasteiger partial charge in [0.15, 0.2) is 0 Å². The van der Waals surface area contributed by atoms with Crippen LogP contribution in [0.5, 0.6) is 0 Å². The van der Waals surface area contributed by atoms with Gasteiger partial charge in [0, 0.05) is 23.0 Å². The Bertz CT molecular complexity index is 504. The average molecular weight is 354 g/mol. The van der Waals surface area contributed by atoms with Gasteiger partial charge in [-0.1, -0.05) is 16.1 Å². The van der Waals surface area contributed by atoms with Gasteiger partial charge in [-0.05, 0) is 20.8 Å². The van der Waals surface area contributed by atoms with Crippen molar-refractivity contribution >= 4 is 47.0 Å². The van der Waals surface area contributed by atoms with Crippen LogP contribution in [-0.2, 0) is 15.3 Å². The number of carboxylic acid groups (broad SMARTS) is 1. The molecular formula is C11H16ClN3O4S2. The van der Waals surface area contributed by atoms with E-state index in [1.807, 2.05) is 0 Å². The van der Waals surface area contributed by atoms with E-state index in [1.54, 1.807) is 20.8 Å². The zero-order valence-corrected chi connectivity index (χ0v) is 14.1. The van der Waals surface area contributed by atoms with Gasteiger partial charge in [0.1, 0.15) is 21.7 Å². The van der Waals surface area contributed by atoms with Crippen LogP contribution in [0.1, 0.15) is 26.5 Å². The van der Waals surface area contributed by atoms with E-state index in [9.17, 15) is 9.59 Å². The second-order valence-corrected chi connectivity index (χ2v) is 7.43. The number of amides is 1. The van der Waals surface area contributed by atoms with E-state index in [-0.39, 0.29) is 5.75 Å². The lowest BCUT2D eigenvalue weighted by Gasteiger charge is -2.21. The summed E-state index contributed by atoms with van der Waals surface area (Å²) < 4.78 is 9.19. The summed E-state index contributed by atoms with van der Waals surface area (Å²) in [6, 6.07) is -1.05. The Morgan fingerprint density at radius 1 is 1.52 bits per heavy atom. The molecule has 0 aliphatic heterocycles. The molecule has 1 unspecified atom stereocenters. The normalized spacial score (nSPS) is 12.8. The van der Waals surface area contributed by atoms with Crippen molar-refractivity contribution in [3.8, 4) is 0 Å². The monoisotopic (exact) mass is 353 g/mol. The molecule has 0 fully saturated rings. The summed E-state index contributed by atoms with van der Waals surface area (Å²) in [6.07, 6.45) is -0.760. The maximum atomic E-state index is 11.6. The molecule has 1 heterocycles. The Hall–Kier alpha value is -1.06. The summed E-state index contributed by atoms with van der Waals surface area (Å²) >= 11 is 8.21. The highest BCUT2D eigenvalue weighted by atomic mass is 35.5. The number of nitrogens with one attached hydrogen (secondary N) is 1. The lowest BCUT2D eigenvalue weighted by Crippen LogP contribution is -2.44. The lowest BCUT2D eigenvalue weighted by atomic mass is 10.2. The number of alkyl carbamates (subject to hydrolysis) is 1. The predicted molar refractivity (Wildman–Crippen MR) is 81.9 cm³/mol. The molecule has 1 rings (SSSR count). The van der Waals surface area contributed by atoms with Gasteiger partial charge in [-0.15, -0.1) is 5.10 Å². The minimum Gasteiger partial charge on any atom is -0.480 e. The molecule has 0 saturated carbocycles. The van der Waals surface area contributed by atoms with Gasteiger partial charge in [-0.25, -0.2) is 9.59 Å². The maximum absolute atomic E-state index is 11.6. The molecular weight excluding hydrogens is 338 g/mol. The Morgan fingerprint density at radius 3 is 2.67 bits per heavy atom. The first kappa shape index (κ1) is 18.0. The number of halogens is 1. The molecule has 0 aromatic carbocycles. The molecule has 1 amide bonds. The highest BCUT2D eigenvalue weighted by Crippen LogP contribution is 2.22. The van der Waals surface area contributed by atoms with E-state index < -0.39 is 23.7 Å². The topological polar surface area (TPSA) is 101 Å². The third kappa shape index (κ3) is 6.96. The van der Waals surface area contributed by atoms with Crippen molar-refractivity contribution in [3.63, 3.8) is 0 Å². The number of hydrogen-bond donors (Lipinski definition) is 2. The molecule has 0 radical (unpaired) electrons. The average Bonchev–Trinajstić information content (AvgIpc) is 2.71. The van der Waals surface area contributed by atoms with E-state index in [0.29, 0.717) is 15.8 Å². The minimum absolute atomic E-state index is 0.169. The zero-order chi connectivity index (χ0) is 16.0. The second-order valence-electron chi connectivity index (χ2n) is 5.05. The molecule has 0 aliphatic carbocycles. The minimum atomic E-state index is -1.13. The molecule has 0 bridgehead atoms. The molecule has 21 heavy (non-hydrogen) atoms. The smallest absolute Gasteiger partial charge is 0.408 e. The number of ether oxygens (including phenoxy) is 1. The third-order valence-electron chi connectivity index (χ3n) is 2.02. The fraction of sp³-hybridized carbons (Fsp3) is 0.636.